The molecule has 0 aromatic heterocycles. The van der Waals surface area contributed by atoms with Crippen LogP contribution in [0, 0.1) is 19.4 Å². The first-order valence-electron chi connectivity index (χ1n) is 11.5. The van der Waals surface area contributed by atoms with E-state index in [1.54, 1.807) is 33.8 Å². The predicted octanol–water partition coefficient (Wildman–Crippen LogP) is 2.50. The summed E-state index contributed by atoms with van der Waals surface area (Å²) in [5.41, 5.74) is 0.0807. The molecule has 0 heterocycles. The van der Waals surface area contributed by atoms with E-state index in [0.29, 0.717) is 11.1 Å². The number of alkyl carbamates (subject to hydrolysis) is 1. The van der Waals surface area contributed by atoms with Gasteiger partial charge in [-0.05, 0) is 63.8 Å². The fraction of sp³-hybridized carbons (Fsp3) is 0.560. The number of nitrogens with zero attached hydrogens (tertiary/aromatic N) is 1. The van der Waals surface area contributed by atoms with Crippen LogP contribution in [0.4, 0.5) is 4.79 Å². The third-order valence-electron chi connectivity index (χ3n) is 5.54. The van der Waals surface area contributed by atoms with Crippen LogP contribution < -0.4 is 10.6 Å². The van der Waals surface area contributed by atoms with Crippen LogP contribution in [0.5, 0.6) is 5.75 Å². The Morgan fingerprint density at radius 2 is 1.88 bits per heavy atom. The topological polar surface area (TPSA) is 128 Å². The van der Waals surface area contributed by atoms with Gasteiger partial charge < -0.3 is 25.6 Å². The van der Waals surface area contributed by atoms with Crippen LogP contribution in [0.25, 0.3) is 0 Å². The van der Waals surface area contributed by atoms with E-state index in [4.69, 9.17) is 11.2 Å². The zero-order valence-corrected chi connectivity index (χ0v) is 20.3. The molecule has 1 aromatic carbocycles. The van der Waals surface area contributed by atoms with Gasteiger partial charge >= 0.3 is 6.09 Å². The summed E-state index contributed by atoms with van der Waals surface area (Å²) in [5.74, 6) is -1.28. The fourth-order valence-electron chi connectivity index (χ4n) is 3.86. The number of carbonyl (C=O) groups excluding carboxylic acids is 3. The number of aromatic hydroxyl groups is 1. The van der Waals surface area contributed by atoms with Gasteiger partial charge in [-0.1, -0.05) is 31.8 Å². The molecule has 0 aliphatic heterocycles. The molecule has 2 rings (SSSR count). The number of amides is 3. The van der Waals surface area contributed by atoms with Gasteiger partial charge in [-0.15, -0.1) is 0 Å². The molecule has 1 aromatic rings. The Labute approximate surface area is 200 Å². The highest BCUT2D eigenvalue weighted by Crippen LogP contribution is 2.27. The zero-order valence-electron chi connectivity index (χ0n) is 20.3. The van der Waals surface area contributed by atoms with Crippen molar-refractivity contribution in [3.63, 3.8) is 0 Å². The van der Waals surface area contributed by atoms with Crippen molar-refractivity contribution < 1.29 is 29.3 Å². The summed E-state index contributed by atoms with van der Waals surface area (Å²) in [7, 11) is 0. The monoisotopic (exact) mass is 473 g/mol. The maximum absolute atomic E-state index is 13.4. The van der Waals surface area contributed by atoms with Crippen molar-refractivity contribution in [2.45, 2.75) is 83.5 Å². The lowest BCUT2D eigenvalue weighted by molar-refractivity contribution is -0.139. The number of benzene rings is 1. The van der Waals surface area contributed by atoms with Crippen LogP contribution in [0.15, 0.2) is 18.2 Å². The largest absolute Gasteiger partial charge is 0.508 e. The van der Waals surface area contributed by atoms with Crippen LogP contribution in [0.1, 0.15) is 70.0 Å². The van der Waals surface area contributed by atoms with Gasteiger partial charge in [-0.25, -0.2) is 4.79 Å². The third-order valence-corrected chi connectivity index (χ3v) is 5.54. The standard InChI is InChI=1S/C25H35N3O6/c1-6-28(23(32)19(15-29)27-24(33)34-25(3,4)5)21(17-12-13-20(30)16(2)14-17)22(31)26-18-10-8-7-9-11-18/h1,12-14,18-19,21,29-30H,7-11,15H2,2-5H3,(H,26,31)(H,27,33). The smallest absolute Gasteiger partial charge is 0.408 e. The number of aliphatic hydroxyl groups is 1. The van der Waals surface area contributed by atoms with E-state index in [0.717, 1.165) is 37.0 Å². The molecule has 1 aliphatic rings. The van der Waals surface area contributed by atoms with Gasteiger partial charge in [0.15, 0.2) is 0 Å². The van der Waals surface area contributed by atoms with Gasteiger partial charge in [0.2, 0.25) is 5.91 Å². The number of aliphatic hydroxyl groups excluding tert-OH is 1. The summed E-state index contributed by atoms with van der Waals surface area (Å²) in [6.07, 6.45) is 9.54. The number of phenolic OH excluding ortho intramolecular Hbond substituents is 1. The first-order valence-corrected chi connectivity index (χ1v) is 11.5. The summed E-state index contributed by atoms with van der Waals surface area (Å²) in [6, 6.07) is 4.07. The van der Waals surface area contributed by atoms with Crippen molar-refractivity contribution in [2.75, 3.05) is 6.61 Å². The van der Waals surface area contributed by atoms with Gasteiger partial charge in [0.1, 0.15) is 23.4 Å². The molecule has 186 valence electrons. The molecular formula is C25H35N3O6. The molecular weight excluding hydrogens is 438 g/mol. The Hall–Kier alpha value is -3.25. The normalized spacial score (nSPS) is 16.0. The van der Waals surface area contributed by atoms with Gasteiger partial charge in [-0.2, -0.15) is 0 Å². The van der Waals surface area contributed by atoms with E-state index in [-0.39, 0.29) is 11.8 Å². The van der Waals surface area contributed by atoms with Crippen molar-refractivity contribution in [1.82, 2.24) is 15.5 Å². The van der Waals surface area contributed by atoms with Crippen molar-refractivity contribution in [2.24, 2.45) is 0 Å². The molecule has 0 radical (unpaired) electrons. The number of aryl methyl sites for hydroxylation is 1. The van der Waals surface area contributed by atoms with Gasteiger partial charge in [-0.3, -0.25) is 14.5 Å². The fourth-order valence-corrected chi connectivity index (χ4v) is 3.86. The summed E-state index contributed by atoms with van der Waals surface area (Å²) in [5, 5.41) is 25.0. The van der Waals surface area contributed by atoms with Crippen molar-refractivity contribution in [3.05, 3.63) is 29.3 Å². The molecule has 1 saturated carbocycles. The average molecular weight is 474 g/mol. The van der Waals surface area contributed by atoms with Crippen LogP contribution in [0.2, 0.25) is 0 Å². The second-order valence-corrected chi connectivity index (χ2v) is 9.51. The second kappa shape index (κ2) is 11.7. The molecule has 9 nitrogen and oxygen atoms in total. The lowest BCUT2D eigenvalue weighted by Gasteiger charge is -2.32. The number of ether oxygens (including phenoxy) is 1. The third kappa shape index (κ3) is 7.39. The minimum Gasteiger partial charge on any atom is -0.508 e. The van der Waals surface area contributed by atoms with Crippen LogP contribution >= 0.6 is 0 Å². The molecule has 2 unspecified atom stereocenters. The van der Waals surface area contributed by atoms with E-state index in [2.05, 4.69) is 16.7 Å². The van der Waals surface area contributed by atoms with E-state index in [9.17, 15) is 24.6 Å². The number of rotatable bonds is 7. The summed E-state index contributed by atoms with van der Waals surface area (Å²) in [4.78, 5) is 39.7. The van der Waals surface area contributed by atoms with Crippen LogP contribution in [0.3, 0.4) is 0 Å². The molecule has 0 saturated heterocycles. The van der Waals surface area contributed by atoms with E-state index < -0.39 is 42.2 Å². The maximum atomic E-state index is 13.4. The summed E-state index contributed by atoms with van der Waals surface area (Å²) in [6.45, 7) is 5.90. The average Bonchev–Trinajstić information content (AvgIpc) is 2.76. The van der Waals surface area contributed by atoms with Crippen LogP contribution in [-0.4, -0.2) is 57.3 Å². The zero-order chi connectivity index (χ0) is 25.5. The summed E-state index contributed by atoms with van der Waals surface area (Å²) < 4.78 is 5.16. The summed E-state index contributed by atoms with van der Waals surface area (Å²) >= 11 is 0. The second-order valence-electron chi connectivity index (χ2n) is 9.51. The highest BCUT2D eigenvalue weighted by molar-refractivity contribution is 5.93. The minimum atomic E-state index is -1.42. The highest BCUT2D eigenvalue weighted by Gasteiger charge is 2.36. The number of nitrogens with one attached hydrogen (secondary N) is 2. The SMILES string of the molecule is C#CN(C(=O)C(CO)NC(=O)OC(C)(C)C)C(C(=O)NC1CCCCC1)c1ccc(O)c(C)c1. The minimum absolute atomic E-state index is 0.0357. The lowest BCUT2D eigenvalue weighted by Crippen LogP contribution is -2.53. The quantitative estimate of drug-likeness (QED) is 0.356. The van der Waals surface area contributed by atoms with Gasteiger partial charge in [0, 0.05) is 12.1 Å². The molecule has 1 fully saturated rings. The number of hydrogen-bond acceptors (Lipinski definition) is 6. The van der Waals surface area contributed by atoms with Crippen LogP contribution in [-0.2, 0) is 14.3 Å². The molecule has 3 amide bonds. The van der Waals surface area contributed by atoms with Crippen molar-refractivity contribution in [1.29, 1.82) is 0 Å². The van der Waals surface area contributed by atoms with Gasteiger partial charge in [0.05, 0.1) is 6.61 Å². The van der Waals surface area contributed by atoms with E-state index in [1.165, 1.54) is 12.1 Å². The molecule has 4 N–H and O–H groups in total. The number of phenols is 1. The Morgan fingerprint density at radius 1 is 1.24 bits per heavy atom. The van der Waals surface area contributed by atoms with E-state index >= 15 is 0 Å². The Bertz CT molecular complexity index is 928. The molecule has 2 atom stereocenters. The van der Waals surface area contributed by atoms with Crippen molar-refractivity contribution >= 4 is 17.9 Å². The van der Waals surface area contributed by atoms with Crippen molar-refractivity contribution in [3.8, 4) is 18.2 Å². The number of carbonyl (C=O) groups is 3. The molecule has 0 spiro atoms. The first-order chi connectivity index (χ1) is 16.0. The molecule has 1 aliphatic carbocycles. The highest BCUT2D eigenvalue weighted by atomic mass is 16.6. The first kappa shape index (κ1) is 27.0. The Morgan fingerprint density at radius 3 is 2.41 bits per heavy atom. The van der Waals surface area contributed by atoms with E-state index in [1.807, 2.05) is 0 Å². The number of terminal acetylenes is 1. The Balaban J connectivity index is 2.35. The molecule has 9 heteroatoms. The van der Waals surface area contributed by atoms with Gasteiger partial charge in [0.25, 0.3) is 5.91 Å². The lowest BCUT2D eigenvalue weighted by atomic mass is 9.94. The predicted molar refractivity (Wildman–Crippen MR) is 127 cm³/mol. The molecule has 0 bridgehead atoms. The Kier molecular flexibility index (Phi) is 9.33. The number of hydrogen-bond donors (Lipinski definition) is 4. The maximum Gasteiger partial charge on any atom is 0.408 e. The molecule has 34 heavy (non-hydrogen) atoms.